The highest BCUT2D eigenvalue weighted by Gasteiger charge is 2.08. The van der Waals surface area contributed by atoms with Gasteiger partial charge in [0.1, 0.15) is 5.75 Å². The number of ether oxygens (including phenoxy) is 1. The van der Waals surface area contributed by atoms with E-state index in [4.69, 9.17) is 4.74 Å². The molecule has 2 aromatic carbocycles. The van der Waals surface area contributed by atoms with E-state index >= 15 is 0 Å². The van der Waals surface area contributed by atoms with Crippen LogP contribution in [0.3, 0.4) is 0 Å². The molecule has 2 N–H and O–H groups in total. The number of H-pyrrole nitrogens is 1. The Morgan fingerprint density at radius 2 is 1.95 bits per heavy atom. The fourth-order valence-corrected chi connectivity index (χ4v) is 2.49. The van der Waals surface area contributed by atoms with Crippen molar-refractivity contribution in [2.45, 2.75) is 26.3 Å². The summed E-state index contributed by atoms with van der Waals surface area (Å²) in [7, 11) is 0. The van der Waals surface area contributed by atoms with Gasteiger partial charge in [-0.2, -0.15) is 0 Å². The number of hydrogen-bond acceptors (Lipinski definition) is 2. The summed E-state index contributed by atoms with van der Waals surface area (Å²) in [4.78, 5) is 15.1. The topological polar surface area (TPSA) is 54.1 Å². The zero-order chi connectivity index (χ0) is 15.5. The molecule has 0 aliphatic rings. The number of para-hydroxylation sites is 1. The van der Waals surface area contributed by atoms with Crippen LogP contribution in [0, 0.1) is 0 Å². The Hall–Kier alpha value is -2.49. The number of fused-ring (bicyclic) bond motifs is 3. The van der Waals surface area contributed by atoms with Crippen LogP contribution in [0.15, 0.2) is 42.5 Å². The minimum atomic E-state index is -0.0916. The Bertz CT molecular complexity index is 807. The Kier molecular flexibility index (Phi) is 4.00. The van der Waals surface area contributed by atoms with Crippen LogP contribution in [-0.2, 0) is 4.79 Å². The monoisotopic (exact) mass is 296 g/mol. The van der Waals surface area contributed by atoms with E-state index in [1.807, 2.05) is 44.2 Å². The van der Waals surface area contributed by atoms with Gasteiger partial charge in [-0.25, -0.2) is 0 Å². The first kappa shape index (κ1) is 14.4. The molecule has 0 spiro atoms. The van der Waals surface area contributed by atoms with Crippen LogP contribution in [0.2, 0.25) is 0 Å². The van der Waals surface area contributed by atoms with Gasteiger partial charge in [-0.1, -0.05) is 25.1 Å². The normalized spacial score (nSPS) is 12.5. The highest BCUT2D eigenvalue weighted by atomic mass is 16.5. The number of aromatic amines is 1. The highest BCUT2D eigenvalue weighted by Crippen LogP contribution is 2.28. The molecule has 22 heavy (non-hydrogen) atoms. The summed E-state index contributed by atoms with van der Waals surface area (Å²) in [6.07, 6.45) is 0.909. The first-order valence-corrected chi connectivity index (χ1v) is 7.60. The minimum absolute atomic E-state index is 0.0378. The molecule has 0 unspecified atom stereocenters. The molecule has 0 fully saturated rings. The molecule has 0 bridgehead atoms. The van der Waals surface area contributed by atoms with Gasteiger partial charge in [0, 0.05) is 28.4 Å². The molecule has 0 aliphatic heterocycles. The average Bonchev–Trinajstić information content (AvgIpc) is 2.90. The third-order valence-electron chi connectivity index (χ3n) is 3.87. The van der Waals surface area contributed by atoms with Gasteiger partial charge in [0.2, 0.25) is 0 Å². The van der Waals surface area contributed by atoms with E-state index < -0.39 is 0 Å². The molecular weight excluding hydrogens is 276 g/mol. The van der Waals surface area contributed by atoms with Crippen LogP contribution < -0.4 is 10.1 Å². The van der Waals surface area contributed by atoms with Crippen molar-refractivity contribution >= 4 is 27.7 Å². The van der Waals surface area contributed by atoms with Crippen LogP contribution in [-0.4, -0.2) is 23.5 Å². The fraction of sp³-hybridized carbons (Fsp3) is 0.278. The SMILES string of the molecule is CC[C@H](C)NC(=O)COc1ccc2c(c1)[nH]c1ccccc12. The minimum Gasteiger partial charge on any atom is -0.484 e. The number of rotatable bonds is 5. The van der Waals surface area contributed by atoms with Crippen LogP contribution in [0.25, 0.3) is 21.8 Å². The van der Waals surface area contributed by atoms with E-state index in [-0.39, 0.29) is 18.6 Å². The Balaban J connectivity index is 1.75. The summed E-state index contributed by atoms with van der Waals surface area (Å²) >= 11 is 0. The molecule has 0 saturated carbocycles. The van der Waals surface area contributed by atoms with Crippen molar-refractivity contribution in [3.63, 3.8) is 0 Å². The van der Waals surface area contributed by atoms with Gasteiger partial charge in [0.15, 0.2) is 6.61 Å². The first-order chi connectivity index (χ1) is 10.7. The maximum absolute atomic E-state index is 11.7. The Labute approximate surface area is 129 Å². The van der Waals surface area contributed by atoms with Crippen molar-refractivity contribution in [1.82, 2.24) is 10.3 Å². The van der Waals surface area contributed by atoms with Gasteiger partial charge in [-0.05, 0) is 31.5 Å². The number of carbonyl (C=O) groups excluding carboxylic acids is 1. The molecule has 0 saturated heterocycles. The van der Waals surface area contributed by atoms with Crippen LogP contribution >= 0.6 is 0 Å². The molecule has 114 valence electrons. The smallest absolute Gasteiger partial charge is 0.258 e. The van der Waals surface area contributed by atoms with Crippen molar-refractivity contribution in [1.29, 1.82) is 0 Å². The van der Waals surface area contributed by atoms with Gasteiger partial charge in [-0.15, -0.1) is 0 Å². The van der Waals surface area contributed by atoms with Gasteiger partial charge in [0.25, 0.3) is 5.91 Å². The van der Waals surface area contributed by atoms with Crippen molar-refractivity contribution in [2.75, 3.05) is 6.61 Å². The summed E-state index contributed by atoms with van der Waals surface area (Å²) in [5.41, 5.74) is 2.12. The third kappa shape index (κ3) is 2.91. The van der Waals surface area contributed by atoms with Gasteiger partial charge in [0.05, 0.1) is 5.52 Å². The lowest BCUT2D eigenvalue weighted by Crippen LogP contribution is -2.35. The number of carbonyl (C=O) groups is 1. The van der Waals surface area contributed by atoms with Crippen molar-refractivity contribution in [3.05, 3.63) is 42.5 Å². The summed E-state index contributed by atoms with van der Waals surface area (Å²) in [5.74, 6) is 0.601. The second kappa shape index (κ2) is 6.10. The van der Waals surface area contributed by atoms with Crippen LogP contribution in [0.5, 0.6) is 5.75 Å². The number of hydrogen-bond donors (Lipinski definition) is 2. The third-order valence-corrected chi connectivity index (χ3v) is 3.87. The second-order valence-corrected chi connectivity index (χ2v) is 5.54. The van der Waals surface area contributed by atoms with E-state index in [1.165, 1.54) is 5.39 Å². The van der Waals surface area contributed by atoms with E-state index in [0.717, 1.165) is 22.8 Å². The summed E-state index contributed by atoms with van der Waals surface area (Å²) in [6.45, 7) is 4.06. The standard InChI is InChI=1S/C18H20N2O2/c1-3-12(2)19-18(21)11-22-13-8-9-15-14-6-4-5-7-16(14)20-17(15)10-13/h4-10,12,20H,3,11H2,1-2H3,(H,19,21)/t12-/m0/s1. The first-order valence-electron chi connectivity index (χ1n) is 7.60. The van der Waals surface area contributed by atoms with Crippen molar-refractivity contribution in [3.8, 4) is 5.75 Å². The molecule has 1 aromatic heterocycles. The Morgan fingerprint density at radius 1 is 1.18 bits per heavy atom. The predicted octanol–water partition coefficient (Wildman–Crippen LogP) is 3.61. The maximum atomic E-state index is 11.7. The number of aromatic nitrogens is 1. The highest BCUT2D eigenvalue weighted by molar-refractivity contribution is 6.07. The maximum Gasteiger partial charge on any atom is 0.258 e. The van der Waals surface area contributed by atoms with E-state index in [1.54, 1.807) is 0 Å². The quantitative estimate of drug-likeness (QED) is 0.755. The lowest BCUT2D eigenvalue weighted by Gasteiger charge is -2.12. The lowest BCUT2D eigenvalue weighted by molar-refractivity contribution is -0.123. The molecule has 4 nitrogen and oxygen atoms in total. The molecule has 3 rings (SSSR count). The largest absolute Gasteiger partial charge is 0.484 e. The number of amides is 1. The molecule has 1 atom stereocenters. The zero-order valence-corrected chi connectivity index (χ0v) is 12.8. The van der Waals surface area contributed by atoms with E-state index in [0.29, 0.717) is 5.75 Å². The fourth-order valence-electron chi connectivity index (χ4n) is 2.49. The van der Waals surface area contributed by atoms with E-state index in [9.17, 15) is 4.79 Å². The molecule has 1 heterocycles. The molecule has 4 heteroatoms. The van der Waals surface area contributed by atoms with Crippen LogP contribution in [0.4, 0.5) is 0 Å². The van der Waals surface area contributed by atoms with Crippen LogP contribution in [0.1, 0.15) is 20.3 Å². The second-order valence-electron chi connectivity index (χ2n) is 5.54. The van der Waals surface area contributed by atoms with Gasteiger partial charge >= 0.3 is 0 Å². The molecule has 3 aromatic rings. The summed E-state index contributed by atoms with van der Waals surface area (Å²) < 4.78 is 5.59. The van der Waals surface area contributed by atoms with E-state index in [2.05, 4.69) is 22.4 Å². The number of benzene rings is 2. The predicted molar refractivity (Wildman–Crippen MR) is 89.2 cm³/mol. The Morgan fingerprint density at radius 3 is 2.77 bits per heavy atom. The molecule has 1 amide bonds. The summed E-state index contributed by atoms with van der Waals surface area (Å²) in [5, 5.41) is 5.24. The molecular formula is C18H20N2O2. The van der Waals surface area contributed by atoms with Crippen molar-refractivity contribution < 1.29 is 9.53 Å². The summed E-state index contributed by atoms with van der Waals surface area (Å²) in [6, 6.07) is 14.2. The van der Waals surface area contributed by atoms with Gasteiger partial charge in [-0.3, -0.25) is 4.79 Å². The van der Waals surface area contributed by atoms with Gasteiger partial charge < -0.3 is 15.0 Å². The lowest BCUT2D eigenvalue weighted by atomic mass is 10.1. The zero-order valence-electron chi connectivity index (χ0n) is 12.8. The molecule has 0 aliphatic carbocycles. The molecule has 0 radical (unpaired) electrons. The number of nitrogens with one attached hydrogen (secondary N) is 2. The van der Waals surface area contributed by atoms with Crippen molar-refractivity contribution in [2.24, 2.45) is 0 Å². The average molecular weight is 296 g/mol.